The fraction of sp³-hybridized carbons (Fsp3) is 0.270. The minimum absolute atomic E-state index is 0.0511. The lowest BCUT2D eigenvalue weighted by Gasteiger charge is -2.36. The number of rotatable bonds is 14. The number of aromatic carboxylic acids is 1. The predicted octanol–water partition coefficient (Wildman–Crippen LogP) is 6.93. The van der Waals surface area contributed by atoms with Gasteiger partial charge in [-0.3, -0.25) is 9.59 Å². The van der Waals surface area contributed by atoms with Crippen LogP contribution in [-0.2, 0) is 25.7 Å². The Morgan fingerprint density at radius 2 is 1.44 bits per heavy atom. The topological polar surface area (TPSA) is 160 Å². The number of nitrogens with two attached hydrogens (primary N) is 1. The van der Waals surface area contributed by atoms with Crippen LogP contribution in [0.1, 0.15) is 71.5 Å². The molecule has 1 fully saturated rings. The van der Waals surface area contributed by atoms with Crippen LogP contribution < -0.4 is 16.4 Å². The molecule has 6 N–H and O–H groups in total. The highest BCUT2D eigenvalue weighted by atomic mass is 32.2. The van der Waals surface area contributed by atoms with E-state index in [1.165, 1.54) is 11.8 Å². The first-order valence-electron chi connectivity index (χ1n) is 15.8. The number of aliphatic hydroxyl groups excluding tert-OH is 1. The summed E-state index contributed by atoms with van der Waals surface area (Å²) in [5.41, 5.74) is 10.4. The molecule has 3 unspecified atom stereocenters. The monoisotopic (exact) mass is 669 g/mol. The van der Waals surface area contributed by atoms with Crippen molar-refractivity contribution in [3.8, 4) is 0 Å². The summed E-state index contributed by atoms with van der Waals surface area (Å²) < 4.78 is 12.8. The number of carboxylic acid groups (broad SMARTS) is 1. The average molecular weight is 670 g/mol. The summed E-state index contributed by atoms with van der Waals surface area (Å²) in [5, 5.41) is 24.8. The van der Waals surface area contributed by atoms with Crippen molar-refractivity contribution in [1.29, 1.82) is 0 Å². The van der Waals surface area contributed by atoms with Crippen molar-refractivity contribution in [1.82, 2.24) is 0 Å². The highest BCUT2D eigenvalue weighted by Crippen LogP contribution is 2.40. The fourth-order valence-corrected chi connectivity index (χ4v) is 6.38. The van der Waals surface area contributed by atoms with E-state index in [2.05, 4.69) is 10.6 Å². The summed E-state index contributed by atoms with van der Waals surface area (Å²) >= 11 is 1.43. The predicted molar refractivity (Wildman–Crippen MR) is 186 cm³/mol. The molecule has 0 radical (unpaired) electrons. The van der Waals surface area contributed by atoms with Crippen LogP contribution in [0.15, 0.2) is 102 Å². The van der Waals surface area contributed by atoms with Crippen LogP contribution in [0.4, 0.5) is 17.1 Å². The molecule has 0 saturated carbocycles. The van der Waals surface area contributed by atoms with E-state index >= 15 is 0 Å². The maximum absolute atomic E-state index is 12.6. The van der Waals surface area contributed by atoms with Gasteiger partial charge in [-0.05, 0) is 60.4 Å². The van der Waals surface area contributed by atoms with Crippen LogP contribution in [0.2, 0.25) is 0 Å². The minimum Gasteiger partial charge on any atom is -0.478 e. The van der Waals surface area contributed by atoms with Crippen molar-refractivity contribution in [2.45, 2.75) is 62.1 Å². The molecule has 4 aromatic carbocycles. The van der Waals surface area contributed by atoms with E-state index in [4.69, 9.17) is 15.2 Å². The van der Waals surface area contributed by atoms with Crippen LogP contribution in [0.5, 0.6) is 0 Å². The number of ether oxygens (including phenoxy) is 2. The minimum atomic E-state index is -0.977. The van der Waals surface area contributed by atoms with E-state index in [-0.39, 0.29) is 49.0 Å². The van der Waals surface area contributed by atoms with Crippen molar-refractivity contribution in [3.05, 3.63) is 119 Å². The van der Waals surface area contributed by atoms with Gasteiger partial charge in [-0.25, -0.2) is 4.79 Å². The van der Waals surface area contributed by atoms with Gasteiger partial charge in [0.05, 0.1) is 35.8 Å². The summed E-state index contributed by atoms with van der Waals surface area (Å²) in [5.74, 6) is -0.752. The fourth-order valence-electron chi connectivity index (χ4n) is 5.32. The molecule has 0 spiro atoms. The second kappa shape index (κ2) is 16.9. The Balaban J connectivity index is 1.16. The summed E-state index contributed by atoms with van der Waals surface area (Å²) in [6.07, 6.45) is 1.02. The normalized spacial score (nSPS) is 17.4. The number of nitrogen functional groups attached to an aromatic ring is 1. The molecule has 48 heavy (non-hydrogen) atoms. The van der Waals surface area contributed by atoms with Crippen molar-refractivity contribution in [2.75, 3.05) is 22.1 Å². The van der Waals surface area contributed by atoms with Gasteiger partial charge in [0.25, 0.3) is 0 Å². The molecule has 250 valence electrons. The summed E-state index contributed by atoms with van der Waals surface area (Å²) in [6.45, 7) is -0.0511. The zero-order valence-corrected chi connectivity index (χ0v) is 27.2. The largest absolute Gasteiger partial charge is 0.478 e. The molecule has 0 bridgehead atoms. The third-order valence-corrected chi connectivity index (χ3v) is 9.12. The van der Waals surface area contributed by atoms with Crippen LogP contribution in [0.25, 0.3) is 0 Å². The molecule has 3 atom stereocenters. The number of hydrogen-bond acceptors (Lipinski definition) is 8. The molecule has 2 amide bonds. The molecule has 0 aromatic heterocycles. The number of thioether (sulfide) groups is 1. The number of benzene rings is 4. The lowest BCUT2D eigenvalue weighted by Crippen LogP contribution is -2.31. The molecule has 5 rings (SSSR count). The Labute approximate surface area is 283 Å². The lowest BCUT2D eigenvalue weighted by atomic mass is 10.0. The summed E-state index contributed by atoms with van der Waals surface area (Å²) in [7, 11) is 0. The maximum atomic E-state index is 12.6. The first kappa shape index (κ1) is 34.6. The van der Waals surface area contributed by atoms with E-state index in [0.717, 1.165) is 16.7 Å². The molecular weight excluding hydrogens is 630 g/mol. The Bertz CT molecular complexity index is 1700. The van der Waals surface area contributed by atoms with Crippen LogP contribution >= 0.6 is 11.8 Å². The lowest BCUT2D eigenvalue weighted by molar-refractivity contribution is -0.245. The molecule has 1 saturated heterocycles. The highest BCUT2D eigenvalue weighted by Gasteiger charge is 2.32. The standard InChI is InChI=1S/C37H39N3O7S/c38-30-8-2-3-9-31(30)40-35(43)12-6-5-11-34(42)39-27-19-17-26(18-20-27)37-46-28(23-48-33-10-4-1-7-29(33)36(44)45)21-32(47-37)25-15-13-24(22-41)14-16-25/h1-4,7-10,13-20,28,32,37,41H,5-6,11-12,21-23,38H2,(H,39,42)(H,40,43)(H,44,45). The number of carbonyl (C=O) groups excluding carboxylic acids is 2. The van der Waals surface area contributed by atoms with Gasteiger partial charge in [0, 0.05) is 41.2 Å². The average Bonchev–Trinajstić information content (AvgIpc) is 3.10. The van der Waals surface area contributed by atoms with Crippen molar-refractivity contribution in [3.63, 3.8) is 0 Å². The van der Waals surface area contributed by atoms with Crippen molar-refractivity contribution in [2.24, 2.45) is 0 Å². The van der Waals surface area contributed by atoms with Gasteiger partial charge in [0.2, 0.25) is 11.8 Å². The van der Waals surface area contributed by atoms with Crippen molar-refractivity contribution < 1.29 is 34.1 Å². The maximum Gasteiger partial charge on any atom is 0.336 e. The van der Waals surface area contributed by atoms with E-state index in [1.807, 2.05) is 42.5 Å². The second-order valence-corrected chi connectivity index (χ2v) is 12.5. The Morgan fingerprint density at radius 1 is 0.792 bits per heavy atom. The van der Waals surface area contributed by atoms with Crippen LogP contribution in [-0.4, -0.2) is 39.9 Å². The number of nitrogens with one attached hydrogen (secondary N) is 2. The van der Waals surface area contributed by atoms with Gasteiger partial charge in [0.15, 0.2) is 6.29 Å². The van der Waals surface area contributed by atoms with Gasteiger partial charge in [-0.15, -0.1) is 11.8 Å². The molecule has 1 aliphatic heterocycles. The van der Waals surface area contributed by atoms with Gasteiger partial charge in [-0.1, -0.05) is 60.7 Å². The zero-order valence-electron chi connectivity index (χ0n) is 26.3. The van der Waals surface area contributed by atoms with Gasteiger partial charge >= 0.3 is 5.97 Å². The number of amides is 2. The van der Waals surface area contributed by atoms with Crippen LogP contribution in [0.3, 0.4) is 0 Å². The number of aliphatic hydroxyl groups is 1. The number of anilines is 3. The highest BCUT2D eigenvalue weighted by molar-refractivity contribution is 7.99. The Kier molecular flexibility index (Phi) is 12.2. The number of unbranched alkanes of at least 4 members (excludes halogenated alkanes) is 1. The van der Waals surface area contributed by atoms with E-state index in [9.17, 15) is 24.6 Å². The Hall–Kier alpha value is -4.68. The van der Waals surface area contributed by atoms with E-state index in [0.29, 0.717) is 47.0 Å². The van der Waals surface area contributed by atoms with Gasteiger partial charge in [-0.2, -0.15) is 0 Å². The quantitative estimate of drug-likeness (QED) is 0.0545. The first-order valence-corrected chi connectivity index (χ1v) is 16.8. The third-order valence-electron chi connectivity index (χ3n) is 7.92. The second-order valence-electron chi connectivity index (χ2n) is 11.5. The smallest absolute Gasteiger partial charge is 0.336 e. The number of para-hydroxylation sites is 2. The third kappa shape index (κ3) is 9.68. The van der Waals surface area contributed by atoms with Gasteiger partial charge < -0.3 is 36.1 Å². The number of hydrogen-bond donors (Lipinski definition) is 5. The molecule has 4 aromatic rings. The summed E-state index contributed by atoms with van der Waals surface area (Å²) in [4.78, 5) is 37.2. The molecule has 0 aliphatic carbocycles. The molecular formula is C37H39N3O7S. The van der Waals surface area contributed by atoms with Crippen LogP contribution in [0, 0.1) is 0 Å². The molecule has 1 aliphatic rings. The molecule has 1 heterocycles. The van der Waals surface area contributed by atoms with Gasteiger partial charge in [0.1, 0.15) is 0 Å². The van der Waals surface area contributed by atoms with E-state index in [1.54, 1.807) is 54.6 Å². The summed E-state index contributed by atoms with van der Waals surface area (Å²) in [6, 6.07) is 28.9. The molecule has 11 heteroatoms. The number of carboxylic acids is 1. The SMILES string of the molecule is Nc1ccccc1NC(=O)CCCCC(=O)Nc1ccc(C2OC(CSc3ccccc3C(=O)O)CC(c3ccc(CO)cc3)O2)cc1. The number of carbonyl (C=O) groups is 3. The van der Waals surface area contributed by atoms with Crippen molar-refractivity contribution >= 4 is 46.6 Å². The first-order chi connectivity index (χ1) is 23.3. The zero-order chi connectivity index (χ0) is 33.9. The van der Waals surface area contributed by atoms with E-state index < -0.39 is 12.3 Å². The Morgan fingerprint density at radius 3 is 2.12 bits per heavy atom. The molecule has 10 nitrogen and oxygen atoms in total.